The molecule has 0 saturated heterocycles. The Balaban J connectivity index is 2.60. The minimum atomic E-state index is 0.473. The first-order chi connectivity index (χ1) is 7.74. The Morgan fingerprint density at radius 1 is 1.38 bits per heavy atom. The summed E-state index contributed by atoms with van der Waals surface area (Å²) in [5, 5.41) is 6.62. The Bertz CT molecular complexity index is 553. The van der Waals surface area contributed by atoms with Crippen molar-refractivity contribution in [1.82, 2.24) is 9.78 Å². The van der Waals surface area contributed by atoms with E-state index in [9.17, 15) is 0 Å². The third-order valence-corrected chi connectivity index (χ3v) is 2.31. The van der Waals surface area contributed by atoms with Gasteiger partial charge in [-0.1, -0.05) is 18.2 Å². The van der Waals surface area contributed by atoms with E-state index < -0.39 is 0 Å². The normalized spacial score (nSPS) is 9.81. The number of thiocarbonyl (C=S) groups is 1. The second kappa shape index (κ2) is 4.26. The molecule has 0 fully saturated rings. The quantitative estimate of drug-likeness (QED) is 0.637. The van der Waals surface area contributed by atoms with Crippen LogP contribution in [-0.4, -0.2) is 14.9 Å². The van der Waals surface area contributed by atoms with Crippen LogP contribution in [0.25, 0.3) is 5.69 Å². The molecule has 80 valence electrons. The summed E-state index contributed by atoms with van der Waals surface area (Å²) in [6.07, 6.45) is 0. The van der Waals surface area contributed by atoms with E-state index in [4.69, 9.17) is 5.73 Å². The molecule has 1 aromatic carbocycles. The number of rotatable bonds is 2. The Kier molecular flexibility index (Phi) is 2.81. The van der Waals surface area contributed by atoms with Crippen molar-refractivity contribution in [3.8, 4) is 5.69 Å². The third-order valence-electron chi connectivity index (χ3n) is 2.22. The lowest BCUT2D eigenvalue weighted by Crippen LogP contribution is -2.01. The molecule has 2 N–H and O–H groups in total. The first-order valence-corrected chi connectivity index (χ1v) is 5.13. The summed E-state index contributed by atoms with van der Waals surface area (Å²) in [6.45, 7) is 1.83. The molecule has 4 nitrogen and oxygen atoms in total. The largest absolute Gasteiger partial charge is 0.382 e. The molecule has 2 aromatic rings. The number of aryl methyl sites for hydroxylation is 1. The summed E-state index contributed by atoms with van der Waals surface area (Å²) < 4.78 is 1.64. The van der Waals surface area contributed by atoms with E-state index in [-0.39, 0.29) is 0 Å². The van der Waals surface area contributed by atoms with E-state index >= 15 is 0 Å². The maximum Gasteiger partial charge on any atom is 0.154 e. The molecule has 0 spiro atoms. The van der Waals surface area contributed by atoms with Crippen LogP contribution in [0, 0.1) is 6.92 Å². The third kappa shape index (κ3) is 1.74. The van der Waals surface area contributed by atoms with Crippen molar-refractivity contribution in [2.24, 2.45) is 4.99 Å². The van der Waals surface area contributed by atoms with Crippen molar-refractivity contribution in [2.75, 3.05) is 5.73 Å². The number of para-hydroxylation sites is 1. The highest BCUT2D eigenvalue weighted by Gasteiger charge is 2.12. The van der Waals surface area contributed by atoms with Crippen LogP contribution in [0.5, 0.6) is 0 Å². The zero-order valence-electron chi connectivity index (χ0n) is 8.71. The monoisotopic (exact) mass is 230 g/mol. The van der Waals surface area contributed by atoms with Crippen LogP contribution in [0.1, 0.15) is 5.69 Å². The summed E-state index contributed by atoms with van der Waals surface area (Å²) in [5.74, 6) is 0.473. The highest BCUT2D eigenvalue weighted by atomic mass is 32.1. The molecular weight excluding hydrogens is 220 g/mol. The fourth-order valence-corrected chi connectivity index (χ4v) is 1.58. The number of aromatic nitrogens is 2. The number of benzene rings is 1. The molecule has 5 heteroatoms. The molecule has 0 saturated carbocycles. The first-order valence-electron chi connectivity index (χ1n) is 4.72. The van der Waals surface area contributed by atoms with E-state index in [2.05, 4.69) is 27.5 Å². The van der Waals surface area contributed by atoms with Gasteiger partial charge in [0.25, 0.3) is 0 Å². The molecule has 0 radical (unpaired) electrons. The zero-order chi connectivity index (χ0) is 11.5. The molecule has 0 atom stereocenters. The van der Waals surface area contributed by atoms with Gasteiger partial charge in [0.05, 0.1) is 16.5 Å². The second-order valence-electron chi connectivity index (χ2n) is 3.27. The Labute approximate surface area is 98.4 Å². The number of nitrogen functional groups attached to an aromatic ring is 1. The van der Waals surface area contributed by atoms with Crippen molar-refractivity contribution in [3.63, 3.8) is 0 Å². The number of isothiocyanates is 1. The number of hydrogen-bond acceptors (Lipinski definition) is 4. The van der Waals surface area contributed by atoms with Crippen molar-refractivity contribution in [1.29, 1.82) is 0 Å². The van der Waals surface area contributed by atoms with Gasteiger partial charge >= 0.3 is 0 Å². The smallest absolute Gasteiger partial charge is 0.154 e. The van der Waals surface area contributed by atoms with Crippen molar-refractivity contribution >= 4 is 28.9 Å². The maximum atomic E-state index is 5.94. The van der Waals surface area contributed by atoms with Gasteiger partial charge in [0.15, 0.2) is 5.82 Å². The van der Waals surface area contributed by atoms with Gasteiger partial charge in [-0.25, -0.2) is 4.68 Å². The molecule has 0 aliphatic heterocycles. The average Bonchev–Trinajstić information content (AvgIpc) is 2.59. The minimum absolute atomic E-state index is 0.473. The standard InChI is InChI=1S/C11H10N4S/c1-8-10(13-7-16)11(12)15(14-8)9-5-3-2-4-6-9/h2-6H,12H2,1H3. The molecule has 1 heterocycles. The van der Waals surface area contributed by atoms with Gasteiger partial charge in [-0.3, -0.25) is 0 Å². The lowest BCUT2D eigenvalue weighted by atomic mass is 10.3. The lowest BCUT2D eigenvalue weighted by Gasteiger charge is -2.02. The van der Waals surface area contributed by atoms with E-state index in [0.717, 1.165) is 11.4 Å². The molecule has 16 heavy (non-hydrogen) atoms. The Morgan fingerprint density at radius 2 is 2.06 bits per heavy atom. The van der Waals surface area contributed by atoms with Crippen LogP contribution in [-0.2, 0) is 0 Å². The molecule has 0 unspecified atom stereocenters. The summed E-state index contributed by atoms with van der Waals surface area (Å²) in [5.41, 5.74) is 8.16. The highest BCUT2D eigenvalue weighted by molar-refractivity contribution is 7.78. The van der Waals surface area contributed by atoms with E-state index in [1.807, 2.05) is 37.3 Å². The van der Waals surface area contributed by atoms with Gasteiger partial charge in [-0.2, -0.15) is 10.1 Å². The van der Waals surface area contributed by atoms with Gasteiger partial charge in [0.2, 0.25) is 0 Å². The highest BCUT2D eigenvalue weighted by Crippen LogP contribution is 2.27. The van der Waals surface area contributed by atoms with Crippen LogP contribution >= 0.6 is 12.2 Å². The summed E-state index contributed by atoms with van der Waals surface area (Å²) >= 11 is 4.57. The first kappa shape index (κ1) is 10.5. The number of aliphatic imine (C=N–C) groups is 1. The van der Waals surface area contributed by atoms with Gasteiger partial charge in [0.1, 0.15) is 5.69 Å². The number of hydrogen-bond donors (Lipinski definition) is 1. The molecule has 0 amide bonds. The number of anilines is 1. The fourth-order valence-electron chi connectivity index (χ4n) is 1.49. The van der Waals surface area contributed by atoms with Crippen LogP contribution in [0.2, 0.25) is 0 Å². The van der Waals surface area contributed by atoms with Crippen molar-refractivity contribution < 1.29 is 0 Å². The van der Waals surface area contributed by atoms with Crippen LogP contribution < -0.4 is 5.73 Å². The van der Waals surface area contributed by atoms with Gasteiger partial charge in [-0.05, 0) is 31.3 Å². The SMILES string of the molecule is Cc1nn(-c2ccccc2)c(N)c1N=C=S. The van der Waals surface area contributed by atoms with Gasteiger partial charge < -0.3 is 5.73 Å². The Morgan fingerprint density at radius 3 is 2.69 bits per heavy atom. The van der Waals surface area contributed by atoms with Crippen LogP contribution in [0.3, 0.4) is 0 Å². The van der Waals surface area contributed by atoms with Crippen LogP contribution in [0.4, 0.5) is 11.5 Å². The molecule has 0 aliphatic rings. The summed E-state index contributed by atoms with van der Waals surface area (Å²) in [7, 11) is 0. The van der Waals surface area contributed by atoms with E-state index in [1.165, 1.54) is 0 Å². The Hall–Kier alpha value is -1.97. The van der Waals surface area contributed by atoms with Gasteiger partial charge in [0, 0.05) is 0 Å². The predicted molar refractivity (Wildman–Crippen MR) is 67.4 cm³/mol. The van der Waals surface area contributed by atoms with Crippen molar-refractivity contribution in [2.45, 2.75) is 6.92 Å². The van der Waals surface area contributed by atoms with Crippen molar-refractivity contribution in [3.05, 3.63) is 36.0 Å². The average molecular weight is 230 g/mol. The molecular formula is C11H10N4S. The van der Waals surface area contributed by atoms with Crippen LogP contribution in [0.15, 0.2) is 35.3 Å². The maximum absolute atomic E-state index is 5.94. The number of nitrogens with two attached hydrogens (primary N) is 1. The zero-order valence-corrected chi connectivity index (χ0v) is 9.53. The molecule has 2 rings (SSSR count). The summed E-state index contributed by atoms with van der Waals surface area (Å²) in [6, 6.07) is 9.63. The second-order valence-corrected chi connectivity index (χ2v) is 3.45. The lowest BCUT2D eigenvalue weighted by molar-refractivity contribution is 0.872. The number of nitrogens with zero attached hydrogens (tertiary/aromatic N) is 3. The van der Waals surface area contributed by atoms with E-state index in [1.54, 1.807) is 4.68 Å². The fraction of sp³-hybridized carbons (Fsp3) is 0.0909. The molecule has 1 aromatic heterocycles. The summed E-state index contributed by atoms with van der Waals surface area (Å²) in [4.78, 5) is 3.91. The van der Waals surface area contributed by atoms with E-state index in [0.29, 0.717) is 11.5 Å². The topological polar surface area (TPSA) is 56.2 Å². The molecule has 0 bridgehead atoms. The minimum Gasteiger partial charge on any atom is -0.382 e. The van der Waals surface area contributed by atoms with Gasteiger partial charge in [-0.15, -0.1) is 0 Å². The molecule has 0 aliphatic carbocycles. The predicted octanol–water partition coefficient (Wildman–Crippen LogP) is 2.50.